The van der Waals surface area contributed by atoms with Crippen LogP contribution in [-0.4, -0.2) is 12.5 Å². The summed E-state index contributed by atoms with van der Waals surface area (Å²) in [7, 11) is -0.659. The Morgan fingerprint density at radius 2 is 1.56 bits per heavy atom. The van der Waals surface area contributed by atoms with Crippen LogP contribution in [0.5, 0.6) is 0 Å². The van der Waals surface area contributed by atoms with Gasteiger partial charge in [0.05, 0.1) is 0 Å². The standard InChI is InChI=1S/C25H33OP/c1-6-9-16-22(8-3)27(23-17-12-10-13-18-23,24-19-14-11-15-20-24)25(4,26-5)21-7-2/h6,8-20,27H,3,7,21H2,1-2,4-5H3/b9-6-,22-16+. The van der Waals surface area contributed by atoms with Crippen molar-refractivity contribution in [3.05, 3.63) is 96.9 Å². The Bertz CT molecular complexity index is 737. The Hall–Kier alpha value is -1.95. The molecule has 1 atom stereocenters. The van der Waals surface area contributed by atoms with Gasteiger partial charge in [0.15, 0.2) is 0 Å². The van der Waals surface area contributed by atoms with Crippen molar-refractivity contribution in [1.29, 1.82) is 0 Å². The van der Waals surface area contributed by atoms with Crippen molar-refractivity contribution in [2.45, 2.75) is 39.0 Å². The molecule has 0 heterocycles. The molecule has 2 aromatic carbocycles. The van der Waals surface area contributed by atoms with E-state index in [2.05, 4.69) is 99.3 Å². The molecule has 0 amide bonds. The predicted molar refractivity (Wildman–Crippen MR) is 124 cm³/mol. The predicted octanol–water partition coefficient (Wildman–Crippen LogP) is 6.20. The second-order valence-electron chi connectivity index (χ2n) is 7.02. The van der Waals surface area contributed by atoms with Gasteiger partial charge in [-0.15, -0.1) is 0 Å². The van der Waals surface area contributed by atoms with E-state index in [0.29, 0.717) is 0 Å². The van der Waals surface area contributed by atoms with Gasteiger partial charge in [0.1, 0.15) is 0 Å². The molecule has 0 aliphatic rings. The molecule has 144 valence electrons. The fraction of sp³-hybridized carbons (Fsp3) is 0.280. The Kier molecular flexibility index (Phi) is 7.78. The molecular formula is C25H33OP. The van der Waals surface area contributed by atoms with Gasteiger partial charge in [0.25, 0.3) is 0 Å². The third kappa shape index (κ3) is 4.00. The average Bonchev–Trinajstić information content (AvgIpc) is 2.72. The molecular weight excluding hydrogens is 347 g/mol. The van der Waals surface area contributed by atoms with E-state index in [-0.39, 0.29) is 5.34 Å². The van der Waals surface area contributed by atoms with Crippen molar-refractivity contribution < 1.29 is 4.74 Å². The van der Waals surface area contributed by atoms with Gasteiger partial charge in [-0.3, -0.25) is 0 Å². The minimum absolute atomic E-state index is 0.300. The molecule has 2 rings (SSSR count). The van der Waals surface area contributed by atoms with E-state index in [1.807, 2.05) is 20.1 Å². The van der Waals surface area contributed by atoms with Gasteiger partial charge in [0.2, 0.25) is 0 Å². The van der Waals surface area contributed by atoms with Crippen LogP contribution in [0.15, 0.2) is 96.9 Å². The van der Waals surface area contributed by atoms with E-state index in [9.17, 15) is 0 Å². The fourth-order valence-electron chi connectivity index (χ4n) is 4.26. The van der Waals surface area contributed by atoms with Crippen LogP contribution < -0.4 is 10.6 Å². The third-order valence-corrected chi connectivity index (χ3v) is 11.2. The van der Waals surface area contributed by atoms with Crippen LogP contribution in [0.4, 0.5) is 0 Å². The van der Waals surface area contributed by atoms with Gasteiger partial charge in [-0.05, 0) is 0 Å². The zero-order chi connectivity index (χ0) is 19.8. The van der Waals surface area contributed by atoms with Gasteiger partial charge in [0, 0.05) is 0 Å². The molecule has 0 saturated carbocycles. The van der Waals surface area contributed by atoms with Gasteiger partial charge in [-0.2, -0.15) is 0 Å². The van der Waals surface area contributed by atoms with Crippen LogP contribution in [0.25, 0.3) is 0 Å². The van der Waals surface area contributed by atoms with Crippen molar-refractivity contribution in [2.75, 3.05) is 7.11 Å². The molecule has 0 radical (unpaired) electrons. The maximum absolute atomic E-state index is 6.36. The SMILES string of the molecule is C=C/C(=C\C=C/C)[PH](c1ccccc1)(c1ccccc1)C(C)(CCC)OC. The molecule has 0 fully saturated rings. The number of hydrogen-bond donors (Lipinski definition) is 0. The summed E-state index contributed by atoms with van der Waals surface area (Å²) in [6, 6.07) is 21.8. The first-order valence-electron chi connectivity index (χ1n) is 9.72. The fourth-order valence-corrected chi connectivity index (χ4v) is 10.1. The zero-order valence-corrected chi connectivity index (χ0v) is 18.1. The van der Waals surface area contributed by atoms with Crippen LogP contribution in [0.3, 0.4) is 0 Å². The number of methoxy groups -OCH3 is 1. The van der Waals surface area contributed by atoms with Gasteiger partial charge in [-0.25, -0.2) is 0 Å². The quantitative estimate of drug-likeness (QED) is 0.372. The second-order valence-corrected chi connectivity index (χ2v) is 11.3. The number of hydrogen-bond acceptors (Lipinski definition) is 1. The summed E-state index contributed by atoms with van der Waals surface area (Å²) >= 11 is 0. The molecule has 2 heteroatoms. The van der Waals surface area contributed by atoms with Crippen molar-refractivity contribution in [2.24, 2.45) is 0 Å². The first kappa shape index (κ1) is 21.4. The molecule has 1 unspecified atom stereocenters. The summed E-state index contributed by atoms with van der Waals surface area (Å²) in [5.41, 5.74) is 0. The van der Waals surface area contributed by atoms with E-state index in [0.717, 1.165) is 12.8 Å². The molecule has 2 aromatic rings. The van der Waals surface area contributed by atoms with Crippen LogP contribution >= 0.6 is 7.26 Å². The third-order valence-electron chi connectivity index (χ3n) is 5.51. The first-order valence-corrected chi connectivity index (χ1v) is 11.7. The van der Waals surface area contributed by atoms with Crippen LogP contribution in [0, 0.1) is 0 Å². The second kappa shape index (κ2) is 9.83. The van der Waals surface area contributed by atoms with Gasteiger partial charge in [-0.1, -0.05) is 0 Å². The van der Waals surface area contributed by atoms with Crippen molar-refractivity contribution in [3.8, 4) is 0 Å². The van der Waals surface area contributed by atoms with Gasteiger partial charge < -0.3 is 0 Å². The number of benzene rings is 2. The van der Waals surface area contributed by atoms with Crippen LogP contribution in [0.2, 0.25) is 0 Å². The molecule has 1 nitrogen and oxygen atoms in total. The molecule has 0 aliphatic heterocycles. The minimum atomic E-state index is -2.52. The zero-order valence-electron chi connectivity index (χ0n) is 17.1. The number of ether oxygens (including phenoxy) is 1. The van der Waals surface area contributed by atoms with Crippen LogP contribution in [-0.2, 0) is 4.74 Å². The molecule has 0 N–H and O–H groups in total. The Morgan fingerprint density at radius 3 is 1.93 bits per heavy atom. The van der Waals surface area contributed by atoms with Crippen molar-refractivity contribution >= 4 is 17.9 Å². The molecule has 0 aromatic heterocycles. The maximum atomic E-state index is 6.36. The van der Waals surface area contributed by atoms with E-state index in [1.165, 1.54) is 15.9 Å². The monoisotopic (exact) mass is 380 g/mol. The first-order chi connectivity index (χ1) is 13.1. The summed E-state index contributed by atoms with van der Waals surface area (Å²) in [6.07, 6.45) is 10.5. The summed E-state index contributed by atoms with van der Waals surface area (Å²) in [5, 5.41) is 3.68. The molecule has 27 heavy (non-hydrogen) atoms. The normalized spacial score (nSPS) is 15.5. The molecule has 0 aliphatic carbocycles. The molecule has 0 spiro atoms. The molecule has 0 saturated heterocycles. The van der Waals surface area contributed by atoms with E-state index in [4.69, 9.17) is 4.74 Å². The Labute approximate surface area is 165 Å². The summed E-state index contributed by atoms with van der Waals surface area (Å²) < 4.78 is 6.36. The number of rotatable bonds is 9. The topological polar surface area (TPSA) is 9.23 Å². The van der Waals surface area contributed by atoms with Gasteiger partial charge >= 0.3 is 166 Å². The average molecular weight is 381 g/mol. The van der Waals surface area contributed by atoms with Crippen LogP contribution in [0.1, 0.15) is 33.6 Å². The summed E-state index contributed by atoms with van der Waals surface area (Å²) in [6.45, 7) is 10.8. The Balaban J connectivity index is 3.00. The summed E-state index contributed by atoms with van der Waals surface area (Å²) in [4.78, 5) is 0. The number of allylic oxidation sites excluding steroid dienone is 5. The van der Waals surface area contributed by atoms with E-state index >= 15 is 0 Å². The van der Waals surface area contributed by atoms with E-state index < -0.39 is 7.26 Å². The van der Waals surface area contributed by atoms with E-state index in [1.54, 1.807) is 0 Å². The van der Waals surface area contributed by atoms with Crippen molar-refractivity contribution in [3.63, 3.8) is 0 Å². The molecule has 0 bridgehead atoms. The summed E-state index contributed by atoms with van der Waals surface area (Å²) in [5.74, 6) is 0. The Morgan fingerprint density at radius 1 is 1.04 bits per heavy atom. The van der Waals surface area contributed by atoms with Crippen molar-refractivity contribution in [1.82, 2.24) is 0 Å².